The molecule has 0 unspecified atom stereocenters. The summed E-state index contributed by atoms with van der Waals surface area (Å²) in [7, 11) is 1.65. The molecule has 0 bridgehead atoms. The average Bonchev–Trinajstić information content (AvgIpc) is 2.49. The van der Waals surface area contributed by atoms with Gasteiger partial charge in [-0.1, -0.05) is 23.7 Å². The van der Waals surface area contributed by atoms with Crippen molar-refractivity contribution in [2.45, 2.75) is 13.5 Å². The molecule has 0 aliphatic rings. The molecule has 2 rings (SSSR count). The maximum Gasteiger partial charge on any atom is 0.172 e. The van der Waals surface area contributed by atoms with Gasteiger partial charge in [-0.3, -0.25) is 0 Å². The molecule has 0 amide bonds. The quantitative estimate of drug-likeness (QED) is 0.843. The van der Waals surface area contributed by atoms with Gasteiger partial charge < -0.3 is 15.4 Å². The third-order valence-electron chi connectivity index (χ3n) is 2.90. The van der Waals surface area contributed by atoms with E-state index in [2.05, 4.69) is 15.6 Å². The molecule has 110 valence electrons. The molecule has 0 fully saturated rings. The van der Waals surface area contributed by atoms with Crippen LogP contribution in [0.5, 0.6) is 5.75 Å². The highest BCUT2D eigenvalue weighted by Gasteiger charge is 2.02. The zero-order chi connectivity index (χ0) is 15.2. The van der Waals surface area contributed by atoms with Crippen LogP contribution in [0, 0.1) is 6.92 Å². The van der Waals surface area contributed by atoms with Crippen LogP contribution >= 0.6 is 23.8 Å². The number of nitrogens with one attached hydrogen (secondary N) is 2. The molecule has 21 heavy (non-hydrogen) atoms. The second kappa shape index (κ2) is 7.24. The zero-order valence-corrected chi connectivity index (χ0v) is 13.4. The van der Waals surface area contributed by atoms with Gasteiger partial charge in [0.2, 0.25) is 0 Å². The molecule has 0 aliphatic heterocycles. The fraction of sp³-hybridized carbons (Fsp3) is 0.200. The molecule has 0 spiro atoms. The number of pyridine rings is 1. The van der Waals surface area contributed by atoms with Crippen LogP contribution in [0.1, 0.15) is 11.1 Å². The van der Waals surface area contributed by atoms with Crippen molar-refractivity contribution in [3.8, 4) is 5.75 Å². The molecule has 0 aliphatic carbocycles. The molecule has 0 saturated carbocycles. The second-order valence-corrected chi connectivity index (χ2v) is 5.29. The first-order valence-electron chi connectivity index (χ1n) is 6.38. The van der Waals surface area contributed by atoms with Crippen molar-refractivity contribution in [3.05, 3.63) is 52.7 Å². The van der Waals surface area contributed by atoms with E-state index in [4.69, 9.17) is 28.6 Å². The summed E-state index contributed by atoms with van der Waals surface area (Å²) in [6.07, 6.45) is 1.60. The standard InChI is InChI=1S/C15H16ClN3OS/c1-10-7-14(17-9-13(10)16)19-15(21)18-8-11-3-5-12(20-2)6-4-11/h3-7,9H,8H2,1-2H3,(H2,17,18,19,21). The minimum atomic E-state index is 0.514. The van der Waals surface area contributed by atoms with Gasteiger partial charge in [-0.15, -0.1) is 0 Å². The number of hydrogen-bond donors (Lipinski definition) is 2. The highest BCUT2D eigenvalue weighted by molar-refractivity contribution is 7.80. The molecule has 0 radical (unpaired) electrons. The van der Waals surface area contributed by atoms with E-state index < -0.39 is 0 Å². The normalized spacial score (nSPS) is 10.0. The lowest BCUT2D eigenvalue weighted by Crippen LogP contribution is -2.28. The number of thiocarbonyl (C=S) groups is 1. The molecule has 1 aromatic carbocycles. The predicted octanol–water partition coefficient (Wildman–Crippen LogP) is 3.54. The Kier molecular flexibility index (Phi) is 5.36. The molecule has 4 nitrogen and oxygen atoms in total. The maximum absolute atomic E-state index is 5.93. The fourth-order valence-electron chi connectivity index (χ4n) is 1.69. The third kappa shape index (κ3) is 4.58. The minimum Gasteiger partial charge on any atom is -0.497 e. The number of nitrogens with zero attached hydrogens (tertiary/aromatic N) is 1. The van der Waals surface area contributed by atoms with E-state index in [1.54, 1.807) is 13.3 Å². The van der Waals surface area contributed by atoms with Crippen LogP contribution in [0.2, 0.25) is 5.02 Å². The van der Waals surface area contributed by atoms with Gasteiger partial charge in [-0.05, 0) is 48.5 Å². The Hall–Kier alpha value is -1.85. The zero-order valence-electron chi connectivity index (χ0n) is 11.8. The van der Waals surface area contributed by atoms with Gasteiger partial charge in [-0.2, -0.15) is 0 Å². The van der Waals surface area contributed by atoms with Crippen molar-refractivity contribution in [1.29, 1.82) is 0 Å². The average molecular weight is 322 g/mol. The lowest BCUT2D eigenvalue weighted by Gasteiger charge is -2.11. The van der Waals surface area contributed by atoms with Gasteiger partial charge in [0.05, 0.1) is 12.1 Å². The van der Waals surface area contributed by atoms with Crippen molar-refractivity contribution in [2.75, 3.05) is 12.4 Å². The number of rotatable bonds is 4. The van der Waals surface area contributed by atoms with E-state index in [-0.39, 0.29) is 0 Å². The number of hydrogen-bond acceptors (Lipinski definition) is 3. The Morgan fingerprint density at radius 3 is 2.67 bits per heavy atom. The Labute approximate surface area is 134 Å². The first-order valence-corrected chi connectivity index (χ1v) is 7.17. The van der Waals surface area contributed by atoms with E-state index in [1.807, 2.05) is 37.3 Å². The van der Waals surface area contributed by atoms with Gasteiger partial charge in [0.25, 0.3) is 0 Å². The second-order valence-electron chi connectivity index (χ2n) is 4.47. The molecular weight excluding hydrogens is 306 g/mol. The van der Waals surface area contributed by atoms with Crippen molar-refractivity contribution in [3.63, 3.8) is 0 Å². The number of aryl methyl sites for hydroxylation is 1. The Balaban J connectivity index is 1.87. The van der Waals surface area contributed by atoms with E-state index >= 15 is 0 Å². The summed E-state index contributed by atoms with van der Waals surface area (Å²) in [5.74, 6) is 1.50. The molecule has 0 saturated heterocycles. The molecule has 1 aromatic heterocycles. The van der Waals surface area contributed by atoms with Gasteiger partial charge >= 0.3 is 0 Å². The van der Waals surface area contributed by atoms with Crippen molar-refractivity contribution < 1.29 is 4.74 Å². The van der Waals surface area contributed by atoms with Gasteiger partial charge in [0.15, 0.2) is 5.11 Å². The molecule has 0 atom stereocenters. The monoisotopic (exact) mass is 321 g/mol. The van der Waals surface area contributed by atoms with E-state index in [0.717, 1.165) is 16.9 Å². The summed E-state index contributed by atoms with van der Waals surface area (Å²) >= 11 is 11.2. The number of anilines is 1. The van der Waals surface area contributed by atoms with E-state index in [1.165, 1.54) is 0 Å². The smallest absolute Gasteiger partial charge is 0.172 e. The van der Waals surface area contributed by atoms with Crippen LogP contribution < -0.4 is 15.4 Å². The summed E-state index contributed by atoms with van der Waals surface area (Å²) < 4.78 is 5.12. The number of methoxy groups -OCH3 is 1. The van der Waals surface area contributed by atoms with Crippen LogP contribution in [0.15, 0.2) is 36.5 Å². The van der Waals surface area contributed by atoms with Crippen molar-refractivity contribution in [1.82, 2.24) is 10.3 Å². The third-order valence-corrected chi connectivity index (χ3v) is 3.54. The summed E-state index contributed by atoms with van der Waals surface area (Å²) in [6.45, 7) is 2.55. The first-order chi connectivity index (χ1) is 10.1. The molecule has 1 heterocycles. The summed E-state index contributed by atoms with van der Waals surface area (Å²) in [4.78, 5) is 4.17. The van der Waals surface area contributed by atoms with Gasteiger partial charge in [-0.25, -0.2) is 4.98 Å². The number of halogens is 1. The van der Waals surface area contributed by atoms with Crippen LogP contribution in [-0.4, -0.2) is 17.2 Å². The lowest BCUT2D eigenvalue weighted by molar-refractivity contribution is 0.414. The Bertz CT molecular complexity index is 631. The van der Waals surface area contributed by atoms with E-state index in [9.17, 15) is 0 Å². The Morgan fingerprint density at radius 2 is 2.05 bits per heavy atom. The molecule has 2 aromatic rings. The van der Waals surface area contributed by atoms with Crippen LogP contribution in [0.3, 0.4) is 0 Å². The van der Waals surface area contributed by atoms with Crippen molar-refractivity contribution in [2.24, 2.45) is 0 Å². The van der Waals surface area contributed by atoms with Crippen LogP contribution in [0.4, 0.5) is 5.82 Å². The fourth-order valence-corrected chi connectivity index (χ4v) is 1.97. The highest BCUT2D eigenvalue weighted by atomic mass is 35.5. The summed E-state index contributed by atoms with van der Waals surface area (Å²) in [5.41, 5.74) is 2.06. The SMILES string of the molecule is COc1ccc(CNC(=S)Nc2cc(C)c(Cl)cn2)cc1. The number of ether oxygens (including phenoxy) is 1. The topological polar surface area (TPSA) is 46.2 Å². The highest BCUT2D eigenvalue weighted by Crippen LogP contribution is 2.16. The van der Waals surface area contributed by atoms with Crippen LogP contribution in [0.25, 0.3) is 0 Å². The molecule has 6 heteroatoms. The maximum atomic E-state index is 5.93. The minimum absolute atomic E-state index is 0.514. The predicted molar refractivity (Wildman–Crippen MR) is 90.0 cm³/mol. The number of benzene rings is 1. The van der Waals surface area contributed by atoms with Gasteiger partial charge in [0.1, 0.15) is 11.6 Å². The van der Waals surface area contributed by atoms with E-state index in [0.29, 0.717) is 22.5 Å². The largest absolute Gasteiger partial charge is 0.497 e. The molecular formula is C15H16ClN3OS. The lowest BCUT2D eigenvalue weighted by atomic mass is 10.2. The van der Waals surface area contributed by atoms with Crippen molar-refractivity contribution >= 4 is 34.7 Å². The summed E-state index contributed by atoms with van der Waals surface area (Å²) in [6, 6.07) is 9.65. The van der Waals surface area contributed by atoms with Crippen LogP contribution in [-0.2, 0) is 6.54 Å². The first kappa shape index (κ1) is 15.5. The summed E-state index contributed by atoms with van der Waals surface area (Å²) in [5, 5.41) is 7.30. The number of aromatic nitrogens is 1. The van der Waals surface area contributed by atoms with Gasteiger partial charge in [0, 0.05) is 12.7 Å². The Morgan fingerprint density at radius 1 is 1.33 bits per heavy atom. The molecule has 2 N–H and O–H groups in total.